The third-order valence-corrected chi connectivity index (χ3v) is 3.31. The average molecular weight is 329 g/mol. The average Bonchev–Trinajstić information content (AvgIpc) is 2.44. The SMILES string of the molecule is CC(O)CC(C)CNC(=O)NCC(C)Oc1ccc(Cl)cc1. The van der Waals surface area contributed by atoms with E-state index in [-0.39, 0.29) is 24.2 Å². The first-order chi connectivity index (χ1) is 10.4. The van der Waals surface area contributed by atoms with Gasteiger partial charge in [-0.25, -0.2) is 4.79 Å². The van der Waals surface area contributed by atoms with Crippen LogP contribution in [0.25, 0.3) is 0 Å². The zero-order valence-electron chi connectivity index (χ0n) is 13.3. The Bertz CT molecular complexity index is 451. The van der Waals surface area contributed by atoms with Gasteiger partial charge in [0.25, 0.3) is 0 Å². The number of halogens is 1. The first kappa shape index (κ1) is 18.6. The zero-order valence-corrected chi connectivity index (χ0v) is 14.1. The molecule has 0 aliphatic heterocycles. The minimum Gasteiger partial charge on any atom is -0.489 e. The molecular weight excluding hydrogens is 304 g/mol. The number of hydrogen-bond acceptors (Lipinski definition) is 3. The summed E-state index contributed by atoms with van der Waals surface area (Å²) in [5, 5.41) is 15.5. The Kier molecular flexibility index (Phi) is 8.06. The molecule has 0 aliphatic rings. The van der Waals surface area contributed by atoms with Crippen molar-refractivity contribution < 1.29 is 14.6 Å². The Morgan fingerprint density at radius 2 is 1.77 bits per heavy atom. The van der Waals surface area contributed by atoms with Crippen LogP contribution < -0.4 is 15.4 Å². The van der Waals surface area contributed by atoms with E-state index < -0.39 is 0 Å². The summed E-state index contributed by atoms with van der Waals surface area (Å²) in [7, 11) is 0. The van der Waals surface area contributed by atoms with Gasteiger partial charge in [0.05, 0.1) is 12.6 Å². The van der Waals surface area contributed by atoms with E-state index in [9.17, 15) is 9.90 Å². The van der Waals surface area contributed by atoms with Crippen LogP contribution in [0.1, 0.15) is 27.2 Å². The number of hydrogen-bond donors (Lipinski definition) is 3. The lowest BCUT2D eigenvalue weighted by Gasteiger charge is -2.17. The second-order valence-corrected chi connectivity index (χ2v) is 6.10. The summed E-state index contributed by atoms with van der Waals surface area (Å²) >= 11 is 5.81. The predicted octanol–water partition coefficient (Wildman–Crippen LogP) is 2.81. The second-order valence-electron chi connectivity index (χ2n) is 5.66. The summed E-state index contributed by atoms with van der Waals surface area (Å²) < 4.78 is 5.66. The second kappa shape index (κ2) is 9.54. The number of benzene rings is 1. The molecule has 3 atom stereocenters. The van der Waals surface area contributed by atoms with E-state index in [0.29, 0.717) is 30.3 Å². The van der Waals surface area contributed by atoms with Gasteiger partial charge in [-0.05, 0) is 50.5 Å². The molecule has 22 heavy (non-hydrogen) atoms. The Morgan fingerprint density at radius 3 is 2.36 bits per heavy atom. The molecule has 0 saturated carbocycles. The van der Waals surface area contributed by atoms with Gasteiger partial charge in [-0.3, -0.25) is 0 Å². The van der Waals surface area contributed by atoms with Crippen LogP contribution in [0.4, 0.5) is 4.79 Å². The van der Waals surface area contributed by atoms with Crippen molar-refractivity contribution in [2.45, 2.75) is 39.4 Å². The normalized spacial score (nSPS) is 14.8. The van der Waals surface area contributed by atoms with Gasteiger partial charge < -0.3 is 20.5 Å². The third kappa shape index (κ3) is 8.10. The van der Waals surface area contributed by atoms with Gasteiger partial charge in [-0.15, -0.1) is 0 Å². The molecule has 0 spiro atoms. The number of nitrogens with one attached hydrogen (secondary N) is 2. The number of amides is 2. The molecule has 0 aliphatic carbocycles. The predicted molar refractivity (Wildman–Crippen MR) is 88.4 cm³/mol. The molecule has 5 nitrogen and oxygen atoms in total. The number of ether oxygens (including phenoxy) is 1. The van der Waals surface area contributed by atoms with E-state index in [2.05, 4.69) is 10.6 Å². The summed E-state index contributed by atoms with van der Waals surface area (Å²) in [4.78, 5) is 11.7. The van der Waals surface area contributed by atoms with Gasteiger partial charge in [-0.1, -0.05) is 18.5 Å². The van der Waals surface area contributed by atoms with E-state index in [4.69, 9.17) is 16.3 Å². The maximum atomic E-state index is 11.7. The number of carbonyl (C=O) groups is 1. The highest BCUT2D eigenvalue weighted by atomic mass is 35.5. The molecule has 0 saturated heterocycles. The minimum atomic E-state index is -0.354. The van der Waals surface area contributed by atoms with Crippen molar-refractivity contribution in [1.82, 2.24) is 10.6 Å². The molecule has 0 aromatic heterocycles. The molecular formula is C16H25ClN2O3. The molecule has 1 aromatic rings. The first-order valence-corrected chi connectivity index (χ1v) is 7.86. The Morgan fingerprint density at radius 1 is 1.18 bits per heavy atom. The van der Waals surface area contributed by atoms with Crippen molar-refractivity contribution in [2.75, 3.05) is 13.1 Å². The van der Waals surface area contributed by atoms with Gasteiger partial charge in [0, 0.05) is 11.6 Å². The van der Waals surface area contributed by atoms with Crippen LogP contribution in [0.2, 0.25) is 5.02 Å². The Balaban J connectivity index is 2.21. The van der Waals surface area contributed by atoms with Crippen LogP contribution in [0.3, 0.4) is 0 Å². The minimum absolute atomic E-state index is 0.151. The van der Waals surface area contributed by atoms with Gasteiger partial charge in [0.15, 0.2) is 0 Å². The molecule has 3 N–H and O–H groups in total. The van der Waals surface area contributed by atoms with Crippen molar-refractivity contribution >= 4 is 17.6 Å². The van der Waals surface area contributed by atoms with E-state index in [0.717, 1.165) is 0 Å². The standard InChI is InChI=1S/C16H25ClN2O3/c1-11(8-12(2)20)9-18-16(21)19-10-13(3)22-15-6-4-14(17)5-7-15/h4-7,11-13,20H,8-10H2,1-3H3,(H2,18,19,21). The number of rotatable bonds is 8. The quantitative estimate of drug-likeness (QED) is 0.687. The summed E-state index contributed by atoms with van der Waals surface area (Å²) in [6.07, 6.45) is 0.158. The van der Waals surface area contributed by atoms with Crippen LogP contribution in [0.5, 0.6) is 5.75 Å². The molecule has 0 bridgehead atoms. The van der Waals surface area contributed by atoms with Crippen LogP contribution in [-0.2, 0) is 0 Å². The van der Waals surface area contributed by atoms with Crippen molar-refractivity contribution in [2.24, 2.45) is 5.92 Å². The van der Waals surface area contributed by atoms with Gasteiger partial charge >= 0.3 is 6.03 Å². The molecule has 1 aromatic carbocycles. The Hall–Kier alpha value is -1.46. The fraction of sp³-hybridized carbons (Fsp3) is 0.562. The monoisotopic (exact) mass is 328 g/mol. The molecule has 0 fully saturated rings. The topological polar surface area (TPSA) is 70.6 Å². The molecule has 6 heteroatoms. The van der Waals surface area contributed by atoms with Crippen molar-refractivity contribution in [1.29, 1.82) is 0 Å². The van der Waals surface area contributed by atoms with Gasteiger partial charge in [0.1, 0.15) is 11.9 Å². The van der Waals surface area contributed by atoms with Crippen LogP contribution in [0.15, 0.2) is 24.3 Å². The highest BCUT2D eigenvalue weighted by Gasteiger charge is 2.10. The summed E-state index contributed by atoms with van der Waals surface area (Å²) in [6, 6.07) is 6.86. The molecule has 1 rings (SSSR count). The van der Waals surface area contributed by atoms with E-state index in [1.165, 1.54) is 0 Å². The number of carbonyl (C=O) groups excluding carboxylic acids is 1. The molecule has 0 radical (unpaired) electrons. The summed E-state index contributed by atoms with van der Waals surface area (Å²) in [5.41, 5.74) is 0. The fourth-order valence-corrected chi connectivity index (χ4v) is 2.14. The van der Waals surface area contributed by atoms with E-state index >= 15 is 0 Å². The maximum absolute atomic E-state index is 11.7. The van der Waals surface area contributed by atoms with E-state index in [1.807, 2.05) is 13.8 Å². The smallest absolute Gasteiger partial charge is 0.314 e. The van der Waals surface area contributed by atoms with Gasteiger partial charge in [-0.2, -0.15) is 0 Å². The molecule has 3 unspecified atom stereocenters. The summed E-state index contributed by atoms with van der Waals surface area (Å²) in [6.45, 7) is 6.54. The van der Waals surface area contributed by atoms with Gasteiger partial charge in [0.2, 0.25) is 0 Å². The van der Waals surface area contributed by atoms with Crippen molar-refractivity contribution in [3.63, 3.8) is 0 Å². The van der Waals surface area contributed by atoms with Crippen LogP contribution in [-0.4, -0.2) is 36.4 Å². The number of aliphatic hydroxyl groups is 1. The molecule has 2 amide bonds. The molecule has 0 heterocycles. The Labute approximate surface area is 137 Å². The highest BCUT2D eigenvalue weighted by molar-refractivity contribution is 6.30. The van der Waals surface area contributed by atoms with E-state index in [1.54, 1.807) is 31.2 Å². The lowest BCUT2D eigenvalue weighted by Crippen LogP contribution is -2.42. The zero-order chi connectivity index (χ0) is 16.5. The van der Waals surface area contributed by atoms with Crippen molar-refractivity contribution in [3.05, 3.63) is 29.3 Å². The first-order valence-electron chi connectivity index (χ1n) is 7.48. The lowest BCUT2D eigenvalue weighted by atomic mass is 10.1. The highest BCUT2D eigenvalue weighted by Crippen LogP contribution is 2.16. The summed E-state index contributed by atoms with van der Waals surface area (Å²) in [5.74, 6) is 0.943. The molecule has 124 valence electrons. The number of urea groups is 1. The maximum Gasteiger partial charge on any atom is 0.314 e. The van der Waals surface area contributed by atoms with Crippen molar-refractivity contribution in [3.8, 4) is 5.75 Å². The lowest BCUT2D eigenvalue weighted by molar-refractivity contribution is 0.163. The van der Waals surface area contributed by atoms with Crippen LogP contribution in [0, 0.1) is 5.92 Å². The van der Waals surface area contributed by atoms with Crippen LogP contribution >= 0.6 is 11.6 Å². The fourth-order valence-electron chi connectivity index (χ4n) is 2.02. The largest absolute Gasteiger partial charge is 0.489 e. The third-order valence-electron chi connectivity index (χ3n) is 3.06. The number of aliphatic hydroxyl groups excluding tert-OH is 1.